The number of pyridine rings is 1. The summed E-state index contributed by atoms with van der Waals surface area (Å²) in [5, 5.41) is 0. The molecule has 1 aromatic rings. The van der Waals surface area contributed by atoms with E-state index in [2.05, 4.69) is 15.9 Å². The second-order valence-electron chi connectivity index (χ2n) is 5.24. The Morgan fingerprint density at radius 1 is 1.26 bits per heavy atom. The first-order chi connectivity index (χ1) is 9.00. The largest absolute Gasteiger partial charge is 0.328 e. The molecule has 1 fully saturated rings. The van der Waals surface area contributed by atoms with E-state index < -0.39 is 0 Å². The minimum absolute atomic E-state index is 0.0188. The molecular weight excluding hydrogens is 310 g/mol. The lowest BCUT2D eigenvalue weighted by Gasteiger charge is -2.43. The molecule has 1 saturated heterocycles. The summed E-state index contributed by atoms with van der Waals surface area (Å²) in [5.41, 5.74) is 1.89. The standard InChI is InChI=1S/C13H16BrN3O2/c1-15-5-4-10-11-8(3-6-17(10)13(15)19)9(14)7-16(2)12(11)18/h7,10H,3-6H2,1-2H3. The van der Waals surface area contributed by atoms with Gasteiger partial charge in [0.25, 0.3) is 5.56 Å². The van der Waals surface area contributed by atoms with Crippen LogP contribution in [0.1, 0.15) is 23.6 Å². The van der Waals surface area contributed by atoms with E-state index in [4.69, 9.17) is 0 Å². The summed E-state index contributed by atoms with van der Waals surface area (Å²) < 4.78 is 2.56. The van der Waals surface area contributed by atoms with Crippen LogP contribution in [0.5, 0.6) is 0 Å². The molecule has 102 valence electrons. The molecule has 2 aliphatic heterocycles. The van der Waals surface area contributed by atoms with Gasteiger partial charge in [-0.05, 0) is 34.3 Å². The van der Waals surface area contributed by atoms with Gasteiger partial charge in [0.15, 0.2) is 0 Å². The molecule has 0 bridgehead atoms. The van der Waals surface area contributed by atoms with Gasteiger partial charge in [-0.1, -0.05) is 0 Å². The van der Waals surface area contributed by atoms with Crippen molar-refractivity contribution in [1.29, 1.82) is 0 Å². The highest BCUT2D eigenvalue weighted by Crippen LogP contribution is 2.36. The Labute approximate surface area is 119 Å². The molecule has 2 amide bonds. The van der Waals surface area contributed by atoms with Gasteiger partial charge in [0.05, 0.1) is 6.04 Å². The highest BCUT2D eigenvalue weighted by Gasteiger charge is 2.38. The monoisotopic (exact) mass is 325 g/mol. The van der Waals surface area contributed by atoms with Crippen LogP contribution in [-0.2, 0) is 13.5 Å². The average molecular weight is 326 g/mol. The van der Waals surface area contributed by atoms with Crippen molar-refractivity contribution in [1.82, 2.24) is 14.4 Å². The van der Waals surface area contributed by atoms with Gasteiger partial charge in [-0.3, -0.25) is 4.79 Å². The first-order valence-electron chi connectivity index (χ1n) is 6.40. The molecule has 0 saturated carbocycles. The van der Waals surface area contributed by atoms with Crippen LogP contribution in [0, 0.1) is 0 Å². The predicted octanol–water partition coefficient (Wildman–Crippen LogP) is 1.50. The second kappa shape index (κ2) is 4.37. The number of urea groups is 1. The van der Waals surface area contributed by atoms with Crippen LogP contribution in [-0.4, -0.2) is 40.5 Å². The molecule has 6 heteroatoms. The van der Waals surface area contributed by atoms with Crippen molar-refractivity contribution in [2.24, 2.45) is 7.05 Å². The quantitative estimate of drug-likeness (QED) is 0.725. The molecule has 5 nitrogen and oxygen atoms in total. The Balaban J connectivity index is 2.15. The third-order valence-electron chi connectivity index (χ3n) is 4.09. The van der Waals surface area contributed by atoms with Crippen molar-refractivity contribution in [3.63, 3.8) is 0 Å². The molecule has 19 heavy (non-hydrogen) atoms. The van der Waals surface area contributed by atoms with Crippen LogP contribution in [0.15, 0.2) is 15.5 Å². The maximum atomic E-state index is 12.4. The molecule has 0 aromatic carbocycles. The number of hydrogen-bond donors (Lipinski definition) is 0. The van der Waals surface area contributed by atoms with E-state index in [0.717, 1.165) is 28.4 Å². The topological polar surface area (TPSA) is 45.6 Å². The lowest BCUT2D eigenvalue weighted by atomic mass is 9.91. The Kier molecular flexibility index (Phi) is 2.92. The van der Waals surface area contributed by atoms with E-state index in [1.165, 1.54) is 0 Å². The number of halogens is 1. The zero-order chi connectivity index (χ0) is 13.7. The highest BCUT2D eigenvalue weighted by atomic mass is 79.9. The van der Waals surface area contributed by atoms with Gasteiger partial charge >= 0.3 is 6.03 Å². The van der Waals surface area contributed by atoms with Crippen LogP contribution in [0.3, 0.4) is 0 Å². The van der Waals surface area contributed by atoms with Crippen molar-refractivity contribution >= 4 is 22.0 Å². The van der Waals surface area contributed by atoms with Gasteiger partial charge in [0.2, 0.25) is 0 Å². The summed E-state index contributed by atoms with van der Waals surface area (Å²) in [4.78, 5) is 28.1. The van der Waals surface area contributed by atoms with Gasteiger partial charge in [-0.25, -0.2) is 4.79 Å². The first kappa shape index (κ1) is 12.7. The summed E-state index contributed by atoms with van der Waals surface area (Å²) >= 11 is 3.54. The molecular formula is C13H16BrN3O2. The molecule has 0 spiro atoms. The van der Waals surface area contributed by atoms with Gasteiger partial charge < -0.3 is 14.4 Å². The smallest absolute Gasteiger partial charge is 0.320 e. The van der Waals surface area contributed by atoms with Crippen LogP contribution in [0.2, 0.25) is 0 Å². The molecule has 0 N–H and O–H groups in total. The maximum Gasteiger partial charge on any atom is 0.320 e. The van der Waals surface area contributed by atoms with Gasteiger partial charge in [0.1, 0.15) is 0 Å². The van der Waals surface area contributed by atoms with Crippen molar-refractivity contribution in [2.75, 3.05) is 20.1 Å². The van der Waals surface area contributed by atoms with Crippen molar-refractivity contribution in [3.05, 3.63) is 32.2 Å². The summed E-state index contributed by atoms with van der Waals surface area (Å²) in [7, 11) is 3.57. The van der Waals surface area contributed by atoms with Crippen LogP contribution >= 0.6 is 15.9 Å². The first-order valence-corrected chi connectivity index (χ1v) is 7.19. The fraction of sp³-hybridized carbons (Fsp3) is 0.538. The minimum Gasteiger partial charge on any atom is -0.328 e. The van der Waals surface area contributed by atoms with E-state index in [-0.39, 0.29) is 17.6 Å². The highest BCUT2D eigenvalue weighted by molar-refractivity contribution is 9.10. The SMILES string of the molecule is CN1CCC2c3c(c(Br)cn(C)c3=O)CCN2C1=O. The van der Waals surface area contributed by atoms with Crippen molar-refractivity contribution < 1.29 is 4.79 Å². The lowest BCUT2D eigenvalue weighted by Crippen LogP contribution is -2.53. The molecule has 1 unspecified atom stereocenters. The van der Waals surface area contributed by atoms with E-state index in [9.17, 15) is 9.59 Å². The fourth-order valence-corrected chi connectivity index (χ4v) is 3.77. The van der Waals surface area contributed by atoms with Gasteiger partial charge in [-0.2, -0.15) is 0 Å². The minimum atomic E-state index is -0.0661. The van der Waals surface area contributed by atoms with E-state index in [1.807, 2.05) is 18.1 Å². The fourth-order valence-electron chi connectivity index (χ4n) is 3.06. The van der Waals surface area contributed by atoms with Crippen LogP contribution in [0.25, 0.3) is 0 Å². The summed E-state index contributed by atoms with van der Waals surface area (Å²) in [6.45, 7) is 1.39. The van der Waals surface area contributed by atoms with Crippen molar-refractivity contribution in [2.45, 2.75) is 18.9 Å². The number of carbonyl (C=O) groups excluding carboxylic acids is 1. The predicted molar refractivity (Wildman–Crippen MR) is 75.2 cm³/mol. The maximum absolute atomic E-state index is 12.4. The molecule has 3 rings (SSSR count). The summed E-state index contributed by atoms with van der Waals surface area (Å²) in [6, 6.07) is -0.0346. The number of aromatic nitrogens is 1. The van der Waals surface area contributed by atoms with Crippen molar-refractivity contribution in [3.8, 4) is 0 Å². The molecule has 0 aliphatic carbocycles. The Morgan fingerprint density at radius 2 is 2.00 bits per heavy atom. The van der Waals surface area contributed by atoms with Gasteiger partial charge in [0, 0.05) is 43.4 Å². The van der Waals surface area contributed by atoms with Gasteiger partial charge in [-0.15, -0.1) is 0 Å². The number of amides is 2. The second-order valence-corrected chi connectivity index (χ2v) is 6.09. The molecule has 1 atom stereocenters. The normalized spacial score (nSPS) is 22.3. The summed E-state index contributed by atoms with van der Waals surface area (Å²) in [5.74, 6) is 0. The van der Waals surface area contributed by atoms with E-state index >= 15 is 0 Å². The third kappa shape index (κ3) is 1.81. The average Bonchev–Trinajstić information content (AvgIpc) is 2.39. The Hall–Kier alpha value is -1.30. The number of carbonyl (C=O) groups is 1. The molecule has 3 heterocycles. The zero-order valence-electron chi connectivity index (χ0n) is 11.0. The number of hydrogen-bond acceptors (Lipinski definition) is 2. The number of fused-ring (bicyclic) bond motifs is 3. The lowest BCUT2D eigenvalue weighted by molar-refractivity contribution is 0.103. The zero-order valence-corrected chi connectivity index (χ0v) is 12.6. The number of aryl methyl sites for hydroxylation is 1. The number of nitrogens with zero attached hydrogens (tertiary/aromatic N) is 3. The third-order valence-corrected chi connectivity index (χ3v) is 4.78. The van der Waals surface area contributed by atoms with Crippen LogP contribution < -0.4 is 5.56 Å². The molecule has 2 aliphatic rings. The van der Waals surface area contributed by atoms with E-state index in [1.54, 1.807) is 16.5 Å². The Bertz CT molecular complexity index is 611. The van der Waals surface area contributed by atoms with Crippen LogP contribution in [0.4, 0.5) is 4.79 Å². The summed E-state index contributed by atoms with van der Waals surface area (Å²) in [6.07, 6.45) is 3.37. The molecule has 0 radical (unpaired) electrons. The van der Waals surface area contributed by atoms with E-state index in [0.29, 0.717) is 13.1 Å². The molecule has 1 aromatic heterocycles. The Morgan fingerprint density at radius 3 is 2.74 bits per heavy atom. The number of rotatable bonds is 0.